The average molecular weight is 429 g/mol. The van der Waals surface area contributed by atoms with Crippen molar-refractivity contribution in [1.29, 1.82) is 0 Å². The van der Waals surface area contributed by atoms with Gasteiger partial charge >= 0.3 is 0 Å². The summed E-state index contributed by atoms with van der Waals surface area (Å²) in [5.41, 5.74) is 3.60. The summed E-state index contributed by atoms with van der Waals surface area (Å²) in [7, 11) is 4.93. The van der Waals surface area contributed by atoms with Gasteiger partial charge in [0.15, 0.2) is 11.5 Å². The molecule has 7 nitrogen and oxygen atoms in total. The Kier molecular flexibility index (Phi) is 7.17. The lowest BCUT2D eigenvalue weighted by Gasteiger charge is -2.27. The molecule has 0 aromatic heterocycles. The fraction of sp³-hybridized carbons (Fsp3) is 0.500. The van der Waals surface area contributed by atoms with Gasteiger partial charge in [0.1, 0.15) is 12.4 Å². The van der Waals surface area contributed by atoms with E-state index in [-0.39, 0.29) is 0 Å². The van der Waals surface area contributed by atoms with Crippen LogP contribution in [0.25, 0.3) is 0 Å². The molecule has 2 aliphatic rings. The minimum absolute atomic E-state index is 0.627. The third-order valence-corrected chi connectivity index (χ3v) is 5.87. The predicted octanol–water partition coefficient (Wildman–Crippen LogP) is 2.94. The monoisotopic (exact) mass is 428 g/mol. The Bertz CT molecular complexity index is 883. The normalized spacial score (nSPS) is 17.4. The molecule has 0 N–H and O–H groups in total. The van der Waals surface area contributed by atoms with Crippen LogP contribution in [-0.2, 0) is 24.4 Å². The standard InChI is InChI=1S/C24H32N2O5/c1-27-22-7-5-19(23(28-2)24(22)29-3)16-26-10-13-31-21-6-4-18(14-20(21)17-26)15-25-8-11-30-12-9-25/h4-7,14H,8-13,15-17H2,1-3H3. The third kappa shape index (κ3) is 5.06. The van der Waals surface area contributed by atoms with Crippen LogP contribution < -0.4 is 18.9 Å². The predicted molar refractivity (Wildman–Crippen MR) is 118 cm³/mol. The Hall–Kier alpha value is -2.48. The molecule has 0 aliphatic carbocycles. The van der Waals surface area contributed by atoms with E-state index in [0.717, 1.165) is 63.8 Å². The van der Waals surface area contributed by atoms with E-state index < -0.39 is 0 Å². The molecule has 1 saturated heterocycles. The summed E-state index contributed by atoms with van der Waals surface area (Å²) >= 11 is 0. The maximum Gasteiger partial charge on any atom is 0.203 e. The first-order chi connectivity index (χ1) is 15.2. The highest BCUT2D eigenvalue weighted by Gasteiger charge is 2.21. The van der Waals surface area contributed by atoms with Crippen molar-refractivity contribution in [2.24, 2.45) is 0 Å². The van der Waals surface area contributed by atoms with Gasteiger partial charge in [0.05, 0.1) is 34.5 Å². The van der Waals surface area contributed by atoms with Crippen molar-refractivity contribution >= 4 is 0 Å². The molecule has 0 spiro atoms. The van der Waals surface area contributed by atoms with E-state index in [2.05, 4.69) is 28.0 Å². The van der Waals surface area contributed by atoms with Crippen molar-refractivity contribution < 1.29 is 23.7 Å². The summed E-state index contributed by atoms with van der Waals surface area (Å²) in [5, 5.41) is 0. The lowest BCUT2D eigenvalue weighted by Crippen LogP contribution is -2.35. The molecule has 1 fully saturated rings. The van der Waals surface area contributed by atoms with E-state index in [1.54, 1.807) is 21.3 Å². The SMILES string of the molecule is COc1ccc(CN2CCOc3ccc(CN4CCOCC4)cc3C2)c(OC)c1OC. The molecule has 2 aliphatic heterocycles. The van der Waals surface area contributed by atoms with E-state index in [9.17, 15) is 0 Å². The molecule has 0 atom stereocenters. The number of hydrogen-bond acceptors (Lipinski definition) is 7. The quantitative estimate of drug-likeness (QED) is 0.672. The molecular formula is C24H32N2O5. The largest absolute Gasteiger partial charge is 0.493 e. The second kappa shape index (κ2) is 10.2. The van der Waals surface area contributed by atoms with E-state index in [4.69, 9.17) is 23.7 Å². The number of rotatable bonds is 7. The molecule has 168 valence electrons. The van der Waals surface area contributed by atoms with Gasteiger partial charge in [0, 0.05) is 50.4 Å². The molecular weight excluding hydrogens is 396 g/mol. The molecule has 31 heavy (non-hydrogen) atoms. The Morgan fingerprint density at radius 1 is 0.806 bits per heavy atom. The average Bonchev–Trinajstić information content (AvgIpc) is 3.00. The molecule has 0 bridgehead atoms. The van der Waals surface area contributed by atoms with Crippen molar-refractivity contribution in [2.75, 3.05) is 60.8 Å². The zero-order valence-corrected chi connectivity index (χ0v) is 18.7. The molecule has 0 saturated carbocycles. The first kappa shape index (κ1) is 21.7. The number of methoxy groups -OCH3 is 3. The van der Waals surface area contributed by atoms with Crippen LogP contribution in [0, 0.1) is 0 Å². The molecule has 7 heteroatoms. The second-order valence-corrected chi connectivity index (χ2v) is 7.88. The smallest absolute Gasteiger partial charge is 0.203 e. The lowest BCUT2D eigenvalue weighted by molar-refractivity contribution is 0.0342. The van der Waals surface area contributed by atoms with Crippen LogP contribution in [0.2, 0.25) is 0 Å². The van der Waals surface area contributed by atoms with Gasteiger partial charge in [-0.3, -0.25) is 9.80 Å². The lowest BCUT2D eigenvalue weighted by atomic mass is 10.1. The molecule has 2 heterocycles. The minimum atomic E-state index is 0.627. The van der Waals surface area contributed by atoms with Crippen LogP contribution in [0.1, 0.15) is 16.7 Å². The summed E-state index contributed by atoms with van der Waals surface area (Å²) in [6, 6.07) is 10.6. The molecule has 0 radical (unpaired) electrons. The van der Waals surface area contributed by atoms with E-state index in [1.807, 2.05) is 12.1 Å². The molecule has 0 unspecified atom stereocenters. The minimum Gasteiger partial charge on any atom is -0.493 e. The molecule has 2 aromatic carbocycles. The molecule has 0 amide bonds. The van der Waals surface area contributed by atoms with E-state index in [0.29, 0.717) is 23.9 Å². The van der Waals surface area contributed by atoms with Gasteiger partial charge in [0.25, 0.3) is 0 Å². The van der Waals surface area contributed by atoms with Crippen LogP contribution in [0.5, 0.6) is 23.0 Å². The molecule has 2 aromatic rings. The highest BCUT2D eigenvalue weighted by molar-refractivity contribution is 5.55. The van der Waals surface area contributed by atoms with Crippen molar-refractivity contribution in [3.05, 3.63) is 47.0 Å². The Morgan fingerprint density at radius 3 is 2.32 bits per heavy atom. The number of hydrogen-bond donors (Lipinski definition) is 0. The fourth-order valence-electron chi connectivity index (χ4n) is 4.28. The first-order valence-electron chi connectivity index (χ1n) is 10.8. The van der Waals surface area contributed by atoms with Gasteiger partial charge in [-0.05, 0) is 23.8 Å². The number of morpholine rings is 1. The Balaban J connectivity index is 1.51. The summed E-state index contributed by atoms with van der Waals surface area (Å²) < 4.78 is 28.2. The topological polar surface area (TPSA) is 52.6 Å². The summed E-state index contributed by atoms with van der Waals surface area (Å²) in [6.45, 7) is 7.60. The Morgan fingerprint density at radius 2 is 1.58 bits per heavy atom. The summed E-state index contributed by atoms with van der Waals surface area (Å²) in [5.74, 6) is 2.99. The van der Waals surface area contributed by atoms with Crippen LogP contribution in [0.3, 0.4) is 0 Å². The van der Waals surface area contributed by atoms with Crippen molar-refractivity contribution in [1.82, 2.24) is 9.80 Å². The number of fused-ring (bicyclic) bond motifs is 1. The van der Waals surface area contributed by atoms with Gasteiger partial charge in [-0.15, -0.1) is 0 Å². The van der Waals surface area contributed by atoms with Crippen LogP contribution >= 0.6 is 0 Å². The maximum absolute atomic E-state index is 6.05. The number of nitrogens with zero attached hydrogens (tertiary/aromatic N) is 2. The van der Waals surface area contributed by atoms with E-state index >= 15 is 0 Å². The third-order valence-electron chi connectivity index (χ3n) is 5.87. The van der Waals surface area contributed by atoms with Gasteiger partial charge in [0.2, 0.25) is 5.75 Å². The van der Waals surface area contributed by atoms with Gasteiger partial charge < -0.3 is 23.7 Å². The zero-order valence-electron chi connectivity index (χ0n) is 18.7. The second-order valence-electron chi connectivity index (χ2n) is 7.88. The van der Waals surface area contributed by atoms with Crippen molar-refractivity contribution in [2.45, 2.75) is 19.6 Å². The van der Waals surface area contributed by atoms with Gasteiger partial charge in [-0.2, -0.15) is 0 Å². The highest BCUT2D eigenvalue weighted by atomic mass is 16.5. The van der Waals surface area contributed by atoms with E-state index in [1.165, 1.54) is 11.1 Å². The summed E-state index contributed by atoms with van der Waals surface area (Å²) in [6.07, 6.45) is 0. The number of benzene rings is 2. The molecule has 4 rings (SSSR count). The van der Waals surface area contributed by atoms with Crippen LogP contribution in [-0.4, -0.2) is 70.6 Å². The fourth-order valence-corrected chi connectivity index (χ4v) is 4.28. The number of ether oxygens (including phenoxy) is 5. The van der Waals surface area contributed by atoms with Crippen molar-refractivity contribution in [3.8, 4) is 23.0 Å². The van der Waals surface area contributed by atoms with Crippen LogP contribution in [0.15, 0.2) is 30.3 Å². The van der Waals surface area contributed by atoms with Crippen LogP contribution in [0.4, 0.5) is 0 Å². The van der Waals surface area contributed by atoms with Gasteiger partial charge in [-0.25, -0.2) is 0 Å². The maximum atomic E-state index is 6.05. The highest BCUT2D eigenvalue weighted by Crippen LogP contribution is 2.40. The zero-order chi connectivity index (χ0) is 21.6. The van der Waals surface area contributed by atoms with Gasteiger partial charge in [-0.1, -0.05) is 12.1 Å². The first-order valence-corrected chi connectivity index (χ1v) is 10.8. The summed E-state index contributed by atoms with van der Waals surface area (Å²) in [4.78, 5) is 4.82. The Labute approximate surface area is 184 Å². The van der Waals surface area contributed by atoms with Crippen molar-refractivity contribution in [3.63, 3.8) is 0 Å².